The minimum atomic E-state index is -0.922. The summed E-state index contributed by atoms with van der Waals surface area (Å²) in [5.74, 6) is 1.52. The van der Waals surface area contributed by atoms with Gasteiger partial charge in [0, 0.05) is 7.05 Å². The number of aromatic carboxylic acids is 1. The first-order valence-corrected chi connectivity index (χ1v) is 9.60. The van der Waals surface area contributed by atoms with E-state index in [9.17, 15) is 9.90 Å². The number of fused-ring (bicyclic) bond motifs is 1. The average Bonchev–Trinajstić information content (AvgIpc) is 3.03. The van der Waals surface area contributed by atoms with Gasteiger partial charge in [-0.2, -0.15) is 0 Å². The number of hydrogen-bond donors (Lipinski definition) is 1. The monoisotopic (exact) mass is 379 g/mol. The second-order valence-electron chi connectivity index (χ2n) is 7.42. The van der Waals surface area contributed by atoms with Crippen molar-refractivity contribution in [2.75, 3.05) is 20.2 Å². The van der Waals surface area contributed by atoms with Gasteiger partial charge in [-0.15, -0.1) is 0 Å². The van der Waals surface area contributed by atoms with Gasteiger partial charge < -0.3 is 14.4 Å². The molecule has 0 amide bonds. The van der Waals surface area contributed by atoms with Gasteiger partial charge in [-0.1, -0.05) is 12.1 Å². The van der Waals surface area contributed by atoms with Crippen LogP contribution in [0.4, 0.5) is 0 Å². The van der Waals surface area contributed by atoms with Gasteiger partial charge in [0.25, 0.3) is 0 Å². The van der Waals surface area contributed by atoms with E-state index in [0.29, 0.717) is 5.92 Å². The molecule has 146 valence electrons. The number of carboxylic acids is 1. The van der Waals surface area contributed by atoms with Crippen molar-refractivity contribution >= 4 is 17.0 Å². The molecule has 2 aromatic carbocycles. The van der Waals surface area contributed by atoms with Crippen molar-refractivity contribution in [1.29, 1.82) is 0 Å². The number of carboxylic acid groups (broad SMARTS) is 1. The zero-order valence-electron chi connectivity index (χ0n) is 16.3. The van der Waals surface area contributed by atoms with Gasteiger partial charge in [0.2, 0.25) is 0 Å². The molecule has 0 unspecified atom stereocenters. The van der Waals surface area contributed by atoms with Crippen LogP contribution < -0.4 is 4.74 Å². The first kappa shape index (κ1) is 18.5. The molecule has 0 aliphatic carbocycles. The average molecular weight is 379 g/mol. The Hall–Kier alpha value is -2.86. The lowest BCUT2D eigenvalue weighted by molar-refractivity contribution is 0.0697. The Labute approximate surface area is 164 Å². The van der Waals surface area contributed by atoms with Gasteiger partial charge in [-0.25, -0.2) is 9.78 Å². The SMILES string of the molecule is COc1cccc(C2CCN(Cc3nc4cc(C(=O)O)ccc4n3C)CC2)c1. The van der Waals surface area contributed by atoms with Crippen molar-refractivity contribution in [2.45, 2.75) is 25.3 Å². The quantitative estimate of drug-likeness (QED) is 0.733. The number of aromatic nitrogens is 2. The van der Waals surface area contributed by atoms with Crippen LogP contribution in [-0.2, 0) is 13.6 Å². The predicted molar refractivity (Wildman–Crippen MR) is 108 cm³/mol. The van der Waals surface area contributed by atoms with Gasteiger partial charge in [-0.3, -0.25) is 4.90 Å². The van der Waals surface area contributed by atoms with E-state index < -0.39 is 5.97 Å². The maximum absolute atomic E-state index is 11.2. The molecule has 2 heterocycles. The molecule has 0 radical (unpaired) electrons. The number of rotatable bonds is 5. The Kier molecular flexibility index (Phi) is 5.05. The van der Waals surface area contributed by atoms with Crippen molar-refractivity contribution in [3.8, 4) is 5.75 Å². The summed E-state index contributed by atoms with van der Waals surface area (Å²) < 4.78 is 7.42. The molecule has 1 aliphatic rings. The molecule has 0 bridgehead atoms. The third kappa shape index (κ3) is 3.60. The fourth-order valence-electron chi connectivity index (χ4n) is 4.04. The Bertz CT molecular complexity index is 1000. The molecule has 1 saturated heterocycles. The van der Waals surface area contributed by atoms with E-state index in [0.717, 1.165) is 55.1 Å². The maximum atomic E-state index is 11.2. The fourth-order valence-corrected chi connectivity index (χ4v) is 4.04. The number of aryl methyl sites for hydroxylation is 1. The number of carbonyl (C=O) groups is 1. The van der Waals surface area contributed by atoms with Crippen molar-refractivity contribution in [3.05, 3.63) is 59.4 Å². The van der Waals surface area contributed by atoms with Crippen molar-refractivity contribution in [3.63, 3.8) is 0 Å². The standard InChI is InChI=1S/C22H25N3O3/c1-24-20-7-6-17(22(26)27)13-19(20)23-21(24)14-25-10-8-15(9-11-25)16-4-3-5-18(12-16)28-2/h3-7,12-13,15H,8-11,14H2,1-2H3,(H,26,27). The number of benzene rings is 2. The minimum Gasteiger partial charge on any atom is -0.497 e. The van der Waals surface area contributed by atoms with Crippen molar-refractivity contribution in [2.24, 2.45) is 7.05 Å². The van der Waals surface area contributed by atoms with Gasteiger partial charge in [0.1, 0.15) is 11.6 Å². The molecular formula is C22H25N3O3. The first-order chi connectivity index (χ1) is 13.5. The van der Waals surface area contributed by atoms with Gasteiger partial charge in [-0.05, 0) is 67.7 Å². The van der Waals surface area contributed by atoms with Crippen LogP contribution in [0.25, 0.3) is 11.0 Å². The molecule has 1 N–H and O–H groups in total. The molecule has 0 spiro atoms. The van der Waals surface area contributed by atoms with E-state index >= 15 is 0 Å². The third-order valence-corrected chi connectivity index (χ3v) is 5.74. The minimum absolute atomic E-state index is 0.274. The van der Waals surface area contributed by atoms with Crippen LogP contribution >= 0.6 is 0 Å². The van der Waals surface area contributed by atoms with E-state index in [4.69, 9.17) is 9.72 Å². The lowest BCUT2D eigenvalue weighted by Crippen LogP contribution is -2.33. The second kappa shape index (κ2) is 7.64. The number of likely N-dealkylation sites (tertiary alicyclic amines) is 1. The van der Waals surface area contributed by atoms with Crippen molar-refractivity contribution in [1.82, 2.24) is 14.5 Å². The largest absolute Gasteiger partial charge is 0.497 e. The van der Waals surface area contributed by atoms with Gasteiger partial charge in [0.05, 0.1) is 30.3 Å². The number of nitrogens with zero attached hydrogens (tertiary/aromatic N) is 3. The molecule has 6 heteroatoms. The topological polar surface area (TPSA) is 67.6 Å². The zero-order chi connectivity index (χ0) is 19.7. The van der Waals surface area contributed by atoms with Gasteiger partial charge >= 0.3 is 5.97 Å². The Balaban J connectivity index is 1.44. The summed E-state index contributed by atoms with van der Waals surface area (Å²) in [6.07, 6.45) is 2.22. The predicted octanol–water partition coefficient (Wildman–Crippen LogP) is 3.66. The smallest absolute Gasteiger partial charge is 0.335 e. The van der Waals surface area contributed by atoms with E-state index in [2.05, 4.69) is 27.7 Å². The maximum Gasteiger partial charge on any atom is 0.335 e. The van der Waals surface area contributed by atoms with Crippen molar-refractivity contribution < 1.29 is 14.6 Å². The summed E-state index contributed by atoms with van der Waals surface area (Å²) >= 11 is 0. The molecule has 1 fully saturated rings. The molecule has 6 nitrogen and oxygen atoms in total. The number of imidazole rings is 1. The summed E-state index contributed by atoms with van der Waals surface area (Å²) in [6.45, 7) is 2.81. The Morgan fingerprint density at radius 3 is 2.71 bits per heavy atom. The summed E-state index contributed by atoms with van der Waals surface area (Å²) in [7, 11) is 3.70. The highest BCUT2D eigenvalue weighted by Gasteiger charge is 2.22. The summed E-state index contributed by atoms with van der Waals surface area (Å²) in [5, 5.41) is 9.18. The molecular weight excluding hydrogens is 354 g/mol. The number of hydrogen-bond acceptors (Lipinski definition) is 4. The molecule has 28 heavy (non-hydrogen) atoms. The molecule has 0 saturated carbocycles. The lowest BCUT2D eigenvalue weighted by Gasteiger charge is -2.32. The van der Waals surface area contributed by atoms with Crippen LogP contribution in [-0.4, -0.2) is 45.7 Å². The number of piperidine rings is 1. The molecule has 0 atom stereocenters. The number of ether oxygens (including phenoxy) is 1. The zero-order valence-corrected chi connectivity index (χ0v) is 16.3. The van der Waals surface area contributed by atoms with Crippen LogP contribution in [0.3, 0.4) is 0 Å². The van der Waals surface area contributed by atoms with Crippen LogP contribution in [0.5, 0.6) is 5.75 Å². The first-order valence-electron chi connectivity index (χ1n) is 9.60. The fraction of sp³-hybridized carbons (Fsp3) is 0.364. The number of methoxy groups -OCH3 is 1. The van der Waals surface area contributed by atoms with E-state index in [1.54, 1.807) is 19.2 Å². The normalized spacial score (nSPS) is 15.8. The van der Waals surface area contributed by atoms with Gasteiger partial charge in [0.15, 0.2) is 0 Å². The van der Waals surface area contributed by atoms with E-state index in [1.807, 2.05) is 19.2 Å². The highest BCUT2D eigenvalue weighted by molar-refractivity contribution is 5.92. The molecule has 1 aromatic heterocycles. The lowest BCUT2D eigenvalue weighted by atomic mass is 9.89. The Morgan fingerprint density at radius 2 is 2.00 bits per heavy atom. The van der Waals surface area contributed by atoms with Crippen LogP contribution in [0.1, 0.15) is 40.5 Å². The second-order valence-corrected chi connectivity index (χ2v) is 7.42. The highest BCUT2D eigenvalue weighted by atomic mass is 16.5. The van der Waals surface area contributed by atoms with Crippen LogP contribution in [0.2, 0.25) is 0 Å². The summed E-state index contributed by atoms with van der Waals surface area (Å²) in [5.41, 5.74) is 3.33. The highest BCUT2D eigenvalue weighted by Crippen LogP contribution is 2.30. The molecule has 1 aliphatic heterocycles. The summed E-state index contributed by atoms with van der Waals surface area (Å²) in [6, 6.07) is 13.5. The van der Waals surface area contributed by atoms with Crippen LogP contribution in [0.15, 0.2) is 42.5 Å². The Morgan fingerprint density at radius 1 is 1.21 bits per heavy atom. The van der Waals surface area contributed by atoms with E-state index in [-0.39, 0.29) is 5.56 Å². The third-order valence-electron chi connectivity index (χ3n) is 5.74. The van der Waals surface area contributed by atoms with E-state index in [1.165, 1.54) is 5.56 Å². The summed E-state index contributed by atoms with van der Waals surface area (Å²) in [4.78, 5) is 18.3. The molecule has 4 rings (SSSR count). The molecule has 3 aromatic rings. The van der Waals surface area contributed by atoms with Crippen LogP contribution in [0, 0.1) is 0 Å².